The predicted molar refractivity (Wildman–Crippen MR) is 113 cm³/mol. The third-order valence-electron chi connectivity index (χ3n) is 4.23. The van der Waals surface area contributed by atoms with Crippen LogP contribution in [-0.4, -0.2) is 15.6 Å². The van der Waals surface area contributed by atoms with Gasteiger partial charge in [0.25, 0.3) is 0 Å². The minimum atomic E-state index is -0.304. The van der Waals surface area contributed by atoms with Crippen molar-refractivity contribution in [2.24, 2.45) is 0 Å². The molecule has 6 heteroatoms. The first-order valence-electron chi connectivity index (χ1n) is 9.21. The summed E-state index contributed by atoms with van der Waals surface area (Å²) in [6.07, 6.45) is 5.36. The van der Waals surface area contributed by atoms with Gasteiger partial charge in [0, 0.05) is 29.3 Å². The summed E-state index contributed by atoms with van der Waals surface area (Å²) in [7, 11) is 0. The summed E-state index contributed by atoms with van der Waals surface area (Å²) in [5.41, 5.74) is 2.32. The van der Waals surface area contributed by atoms with Crippen molar-refractivity contribution in [3.8, 4) is 11.5 Å². The Labute approximate surface area is 168 Å². The Hall–Kier alpha value is -4.06. The van der Waals surface area contributed by atoms with Crippen LogP contribution < -0.4 is 15.4 Å². The molecule has 0 aliphatic rings. The minimum Gasteiger partial charge on any atom is -0.457 e. The molecule has 0 saturated carbocycles. The average Bonchev–Trinajstić information content (AvgIpc) is 3.24. The smallest absolute Gasteiger partial charge is 0.323 e. The minimum absolute atomic E-state index is 0.304. The Kier molecular flexibility index (Phi) is 5.53. The first-order valence-corrected chi connectivity index (χ1v) is 9.21. The van der Waals surface area contributed by atoms with Crippen LogP contribution in [0.2, 0.25) is 0 Å². The van der Waals surface area contributed by atoms with E-state index < -0.39 is 0 Å². The van der Waals surface area contributed by atoms with Gasteiger partial charge in [-0.25, -0.2) is 9.78 Å². The van der Waals surface area contributed by atoms with E-state index in [-0.39, 0.29) is 6.03 Å². The summed E-state index contributed by atoms with van der Waals surface area (Å²) in [6.45, 7) is 0.567. The van der Waals surface area contributed by atoms with E-state index in [4.69, 9.17) is 4.74 Å². The second-order valence-corrected chi connectivity index (χ2v) is 6.42. The summed E-state index contributed by atoms with van der Waals surface area (Å²) in [5.74, 6) is 1.47. The van der Waals surface area contributed by atoms with E-state index in [1.807, 2.05) is 89.6 Å². The zero-order valence-electron chi connectivity index (χ0n) is 15.7. The molecular weight excluding hydrogens is 364 g/mol. The van der Waals surface area contributed by atoms with Crippen molar-refractivity contribution < 1.29 is 9.53 Å². The van der Waals surface area contributed by atoms with Gasteiger partial charge in [0.1, 0.15) is 11.5 Å². The summed E-state index contributed by atoms with van der Waals surface area (Å²) >= 11 is 0. The molecule has 0 aliphatic carbocycles. The van der Waals surface area contributed by atoms with Crippen LogP contribution in [0, 0.1) is 0 Å². The average molecular weight is 384 g/mol. The van der Waals surface area contributed by atoms with Gasteiger partial charge >= 0.3 is 6.03 Å². The summed E-state index contributed by atoms with van der Waals surface area (Å²) in [5, 5.41) is 5.68. The molecule has 0 saturated heterocycles. The fraction of sp³-hybridized carbons (Fsp3) is 0.0435. The van der Waals surface area contributed by atoms with Gasteiger partial charge in [0.2, 0.25) is 0 Å². The van der Waals surface area contributed by atoms with Gasteiger partial charge in [-0.3, -0.25) is 0 Å². The first-order chi connectivity index (χ1) is 14.3. The van der Waals surface area contributed by atoms with Crippen LogP contribution in [0.25, 0.3) is 0 Å². The van der Waals surface area contributed by atoms with Crippen molar-refractivity contribution in [1.82, 2.24) is 9.55 Å². The normalized spacial score (nSPS) is 10.3. The number of anilines is 2. The van der Waals surface area contributed by atoms with Crippen molar-refractivity contribution in [3.05, 3.63) is 103 Å². The number of carbonyl (C=O) groups excluding carboxylic acids is 1. The van der Waals surface area contributed by atoms with Crippen LogP contribution in [-0.2, 0) is 6.54 Å². The van der Waals surface area contributed by atoms with Crippen molar-refractivity contribution in [2.45, 2.75) is 6.54 Å². The number of urea groups is 1. The van der Waals surface area contributed by atoms with Crippen molar-refractivity contribution >= 4 is 17.4 Å². The Morgan fingerprint density at radius 3 is 2.34 bits per heavy atom. The number of carbonyl (C=O) groups is 1. The molecule has 29 heavy (non-hydrogen) atoms. The molecule has 0 aliphatic heterocycles. The summed E-state index contributed by atoms with van der Waals surface area (Å²) in [6, 6.07) is 24.2. The monoisotopic (exact) mass is 384 g/mol. The van der Waals surface area contributed by atoms with E-state index in [1.165, 1.54) is 0 Å². The Bertz CT molecular complexity index is 1060. The lowest BCUT2D eigenvalue weighted by Gasteiger charge is -2.14. The number of para-hydroxylation sites is 2. The highest BCUT2D eigenvalue weighted by atomic mass is 16.5. The molecule has 0 atom stereocenters. The molecule has 1 heterocycles. The van der Waals surface area contributed by atoms with Gasteiger partial charge in [-0.1, -0.05) is 36.4 Å². The zero-order chi connectivity index (χ0) is 19.9. The van der Waals surface area contributed by atoms with E-state index in [2.05, 4.69) is 15.6 Å². The summed E-state index contributed by atoms with van der Waals surface area (Å²) < 4.78 is 8.00. The van der Waals surface area contributed by atoms with Gasteiger partial charge < -0.3 is 19.9 Å². The second-order valence-electron chi connectivity index (χ2n) is 6.42. The number of nitrogens with one attached hydrogen (secondary N) is 2. The lowest BCUT2D eigenvalue weighted by atomic mass is 10.1. The third-order valence-corrected chi connectivity index (χ3v) is 4.23. The number of imidazole rings is 1. The molecule has 2 amide bonds. The topological polar surface area (TPSA) is 68.2 Å². The predicted octanol–water partition coefficient (Wildman–Crippen LogP) is 5.37. The molecule has 0 spiro atoms. The van der Waals surface area contributed by atoms with E-state index in [0.29, 0.717) is 12.2 Å². The van der Waals surface area contributed by atoms with E-state index >= 15 is 0 Å². The zero-order valence-corrected chi connectivity index (χ0v) is 15.7. The van der Waals surface area contributed by atoms with Gasteiger partial charge in [-0.15, -0.1) is 0 Å². The molecule has 0 bridgehead atoms. The van der Waals surface area contributed by atoms with Crippen LogP contribution in [0.4, 0.5) is 16.2 Å². The van der Waals surface area contributed by atoms with E-state index in [9.17, 15) is 4.79 Å². The molecule has 0 unspecified atom stereocenters. The maximum atomic E-state index is 12.3. The lowest BCUT2D eigenvalue weighted by Crippen LogP contribution is -2.19. The molecule has 144 valence electrons. The van der Waals surface area contributed by atoms with Crippen LogP contribution in [0.1, 0.15) is 5.56 Å². The SMILES string of the molecule is O=C(Nc1ccccc1)Nc1ccc(Oc2ccccc2)c(Cn2ccnc2)c1. The highest BCUT2D eigenvalue weighted by Crippen LogP contribution is 2.28. The van der Waals surface area contributed by atoms with E-state index in [1.54, 1.807) is 12.5 Å². The maximum Gasteiger partial charge on any atom is 0.323 e. The molecule has 6 nitrogen and oxygen atoms in total. The number of benzene rings is 3. The lowest BCUT2D eigenvalue weighted by molar-refractivity contribution is 0.262. The second kappa shape index (κ2) is 8.75. The van der Waals surface area contributed by atoms with Crippen LogP contribution in [0.3, 0.4) is 0 Å². The van der Waals surface area contributed by atoms with Gasteiger partial charge in [-0.05, 0) is 42.5 Å². The Balaban J connectivity index is 1.54. The van der Waals surface area contributed by atoms with Crippen molar-refractivity contribution in [2.75, 3.05) is 10.6 Å². The molecule has 0 radical (unpaired) electrons. The molecule has 0 fully saturated rings. The standard InChI is InChI=1S/C23H20N4O2/c28-23(25-19-7-3-1-4-8-19)26-20-11-12-22(29-21-9-5-2-6-10-21)18(15-20)16-27-14-13-24-17-27/h1-15,17H,16H2,(H2,25,26,28). The van der Waals surface area contributed by atoms with Gasteiger partial charge in [-0.2, -0.15) is 0 Å². The van der Waals surface area contributed by atoms with Crippen molar-refractivity contribution in [1.29, 1.82) is 0 Å². The maximum absolute atomic E-state index is 12.3. The number of ether oxygens (including phenoxy) is 1. The number of amides is 2. The molecule has 2 N–H and O–H groups in total. The number of rotatable bonds is 6. The van der Waals surface area contributed by atoms with Crippen LogP contribution >= 0.6 is 0 Å². The van der Waals surface area contributed by atoms with Crippen LogP contribution in [0.5, 0.6) is 11.5 Å². The fourth-order valence-electron chi connectivity index (χ4n) is 2.89. The van der Waals surface area contributed by atoms with Crippen molar-refractivity contribution in [3.63, 3.8) is 0 Å². The largest absolute Gasteiger partial charge is 0.457 e. The summed E-state index contributed by atoms with van der Waals surface area (Å²) in [4.78, 5) is 16.4. The number of hydrogen-bond acceptors (Lipinski definition) is 3. The Morgan fingerprint density at radius 1 is 0.897 bits per heavy atom. The number of aromatic nitrogens is 2. The molecule has 3 aromatic carbocycles. The fourth-order valence-corrected chi connectivity index (χ4v) is 2.89. The van der Waals surface area contributed by atoms with Crippen LogP contribution in [0.15, 0.2) is 97.6 Å². The number of nitrogens with zero attached hydrogens (tertiary/aromatic N) is 2. The highest BCUT2D eigenvalue weighted by molar-refractivity contribution is 5.99. The van der Waals surface area contributed by atoms with Gasteiger partial charge in [0.05, 0.1) is 12.9 Å². The Morgan fingerprint density at radius 2 is 1.62 bits per heavy atom. The third kappa shape index (κ3) is 5.01. The first kappa shape index (κ1) is 18.3. The quantitative estimate of drug-likeness (QED) is 0.470. The highest BCUT2D eigenvalue weighted by Gasteiger charge is 2.10. The van der Waals surface area contributed by atoms with E-state index in [0.717, 1.165) is 22.7 Å². The molecule has 4 rings (SSSR count). The molecular formula is C23H20N4O2. The number of hydrogen-bond donors (Lipinski definition) is 2. The molecule has 4 aromatic rings. The van der Waals surface area contributed by atoms with Gasteiger partial charge in [0.15, 0.2) is 0 Å². The molecule has 1 aromatic heterocycles.